The van der Waals surface area contributed by atoms with E-state index < -0.39 is 0 Å². The van der Waals surface area contributed by atoms with Gasteiger partial charge in [-0.25, -0.2) is 0 Å². The zero-order valence-electron chi connectivity index (χ0n) is 15.0. The van der Waals surface area contributed by atoms with Crippen molar-refractivity contribution in [3.8, 4) is 11.5 Å². The molecule has 1 aliphatic heterocycles. The van der Waals surface area contributed by atoms with Gasteiger partial charge in [-0.2, -0.15) is 0 Å². The predicted octanol–water partition coefficient (Wildman–Crippen LogP) is 2.17. The minimum Gasteiger partial charge on any atom is -0.497 e. The van der Waals surface area contributed by atoms with Crippen LogP contribution >= 0.6 is 0 Å². The number of carbonyl (C=O) groups excluding carboxylic acids is 1. The van der Waals surface area contributed by atoms with Crippen molar-refractivity contribution in [3.05, 3.63) is 59.0 Å². The van der Waals surface area contributed by atoms with E-state index in [2.05, 4.69) is 0 Å². The highest BCUT2D eigenvalue weighted by Crippen LogP contribution is 2.21. The molecule has 0 radical (unpaired) electrons. The van der Waals surface area contributed by atoms with Crippen molar-refractivity contribution in [2.24, 2.45) is 5.92 Å². The SMILES string of the molecule is COc1ccc(OCC2CCCN(C(=O)Cn3ccccc3=O)C2)cc1. The van der Waals surface area contributed by atoms with E-state index in [4.69, 9.17) is 9.47 Å². The lowest BCUT2D eigenvalue weighted by Crippen LogP contribution is -2.43. The van der Waals surface area contributed by atoms with Crippen LogP contribution in [0.4, 0.5) is 0 Å². The summed E-state index contributed by atoms with van der Waals surface area (Å²) in [6, 6.07) is 12.4. The third-order valence-corrected chi connectivity index (χ3v) is 4.62. The normalized spacial score (nSPS) is 17.0. The second-order valence-electron chi connectivity index (χ2n) is 6.50. The maximum absolute atomic E-state index is 12.5. The molecular weight excluding hydrogens is 332 g/mol. The second-order valence-corrected chi connectivity index (χ2v) is 6.50. The van der Waals surface area contributed by atoms with Crippen LogP contribution in [0.15, 0.2) is 53.5 Å². The molecule has 1 atom stereocenters. The lowest BCUT2D eigenvalue weighted by atomic mass is 9.99. The fraction of sp³-hybridized carbons (Fsp3) is 0.400. The fourth-order valence-corrected chi connectivity index (χ4v) is 3.15. The molecule has 0 aliphatic carbocycles. The third kappa shape index (κ3) is 4.65. The van der Waals surface area contributed by atoms with Gasteiger partial charge in [0.2, 0.25) is 5.91 Å². The molecule has 1 amide bonds. The predicted molar refractivity (Wildman–Crippen MR) is 98.5 cm³/mol. The minimum absolute atomic E-state index is 0.0209. The van der Waals surface area contributed by atoms with E-state index in [0.29, 0.717) is 19.1 Å². The molecule has 0 bridgehead atoms. The number of hydrogen-bond acceptors (Lipinski definition) is 4. The van der Waals surface area contributed by atoms with Crippen molar-refractivity contribution < 1.29 is 14.3 Å². The van der Waals surface area contributed by atoms with Gasteiger partial charge in [-0.15, -0.1) is 0 Å². The van der Waals surface area contributed by atoms with Crippen LogP contribution in [0.1, 0.15) is 12.8 Å². The Morgan fingerprint density at radius 1 is 1.15 bits per heavy atom. The molecule has 0 N–H and O–H groups in total. The number of ether oxygens (including phenoxy) is 2. The van der Waals surface area contributed by atoms with E-state index in [1.54, 1.807) is 25.4 Å². The summed E-state index contributed by atoms with van der Waals surface area (Å²) in [5.41, 5.74) is -0.155. The van der Waals surface area contributed by atoms with Gasteiger partial charge in [-0.05, 0) is 43.2 Å². The van der Waals surface area contributed by atoms with E-state index in [0.717, 1.165) is 30.9 Å². The van der Waals surface area contributed by atoms with Crippen molar-refractivity contribution in [3.63, 3.8) is 0 Å². The summed E-state index contributed by atoms with van der Waals surface area (Å²) in [7, 11) is 1.63. The summed E-state index contributed by atoms with van der Waals surface area (Å²) in [6.07, 6.45) is 3.63. The number of hydrogen-bond donors (Lipinski definition) is 0. The Bertz CT molecular complexity index is 785. The highest BCUT2D eigenvalue weighted by atomic mass is 16.5. The number of aromatic nitrogens is 1. The van der Waals surface area contributed by atoms with Crippen molar-refractivity contribution in [2.45, 2.75) is 19.4 Å². The number of carbonyl (C=O) groups is 1. The average molecular weight is 356 g/mol. The van der Waals surface area contributed by atoms with E-state index in [1.807, 2.05) is 29.2 Å². The van der Waals surface area contributed by atoms with Crippen LogP contribution in [0.25, 0.3) is 0 Å². The maximum Gasteiger partial charge on any atom is 0.250 e. The van der Waals surface area contributed by atoms with Crippen LogP contribution in [0.5, 0.6) is 11.5 Å². The van der Waals surface area contributed by atoms with Crippen LogP contribution in [-0.4, -0.2) is 42.2 Å². The molecule has 6 nitrogen and oxygen atoms in total. The van der Waals surface area contributed by atoms with Crippen LogP contribution in [0.3, 0.4) is 0 Å². The molecule has 2 heterocycles. The Balaban J connectivity index is 1.52. The van der Waals surface area contributed by atoms with Crippen LogP contribution in [0.2, 0.25) is 0 Å². The minimum atomic E-state index is -0.155. The molecule has 1 aromatic heterocycles. The molecule has 2 aromatic rings. The van der Waals surface area contributed by atoms with Gasteiger partial charge >= 0.3 is 0 Å². The summed E-state index contributed by atoms with van der Waals surface area (Å²) < 4.78 is 12.4. The van der Waals surface area contributed by atoms with Crippen LogP contribution in [-0.2, 0) is 11.3 Å². The summed E-state index contributed by atoms with van der Waals surface area (Å²) in [5.74, 6) is 1.86. The summed E-state index contributed by atoms with van der Waals surface area (Å²) in [5, 5.41) is 0. The van der Waals surface area contributed by atoms with Crippen LogP contribution < -0.4 is 15.0 Å². The maximum atomic E-state index is 12.5. The Morgan fingerprint density at radius 3 is 2.65 bits per heavy atom. The highest BCUT2D eigenvalue weighted by Gasteiger charge is 2.24. The number of pyridine rings is 1. The molecular formula is C20H24N2O4. The molecule has 1 saturated heterocycles. The number of rotatable bonds is 6. The quantitative estimate of drug-likeness (QED) is 0.796. The molecule has 1 fully saturated rings. The fourth-order valence-electron chi connectivity index (χ4n) is 3.15. The van der Waals surface area contributed by atoms with Crippen LogP contribution in [0, 0.1) is 5.92 Å². The lowest BCUT2D eigenvalue weighted by Gasteiger charge is -2.32. The molecule has 1 aromatic carbocycles. The number of methoxy groups -OCH3 is 1. The van der Waals surface area contributed by atoms with Gasteiger partial charge in [0.05, 0.1) is 13.7 Å². The van der Waals surface area contributed by atoms with Gasteiger partial charge in [-0.1, -0.05) is 6.07 Å². The number of amides is 1. The van der Waals surface area contributed by atoms with E-state index in [9.17, 15) is 9.59 Å². The third-order valence-electron chi connectivity index (χ3n) is 4.62. The Labute approximate surface area is 153 Å². The Morgan fingerprint density at radius 2 is 1.92 bits per heavy atom. The van der Waals surface area contributed by atoms with Gasteiger partial charge in [0.1, 0.15) is 18.0 Å². The first kappa shape index (κ1) is 18.0. The molecule has 6 heteroatoms. The zero-order chi connectivity index (χ0) is 18.4. The second kappa shape index (κ2) is 8.56. The number of piperidine rings is 1. The zero-order valence-corrected chi connectivity index (χ0v) is 15.0. The largest absolute Gasteiger partial charge is 0.497 e. The van der Waals surface area contributed by atoms with Gasteiger partial charge in [-0.3, -0.25) is 9.59 Å². The number of likely N-dealkylation sites (tertiary alicyclic amines) is 1. The van der Waals surface area contributed by atoms with E-state index >= 15 is 0 Å². The van der Waals surface area contributed by atoms with Crippen molar-refractivity contribution in [2.75, 3.05) is 26.8 Å². The first-order valence-corrected chi connectivity index (χ1v) is 8.86. The van der Waals surface area contributed by atoms with Gasteiger partial charge in [0.15, 0.2) is 0 Å². The average Bonchev–Trinajstić information content (AvgIpc) is 2.69. The van der Waals surface area contributed by atoms with E-state index in [1.165, 1.54) is 10.6 Å². The summed E-state index contributed by atoms with van der Waals surface area (Å²) in [4.78, 5) is 26.1. The Kier molecular flexibility index (Phi) is 5.94. The van der Waals surface area contributed by atoms with E-state index in [-0.39, 0.29) is 18.0 Å². The Hall–Kier alpha value is -2.76. The smallest absolute Gasteiger partial charge is 0.250 e. The molecule has 0 spiro atoms. The van der Waals surface area contributed by atoms with Gasteiger partial charge in [0, 0.05) is 31.3 Å². The molecule has 1 aliphatic rings. The van der Waals surface area contributed by atoms with Gasteiger partial charge in [0.25, 0.3) is 5.56 Å². The molecule has 26 heavy (non-hydrogen) atoms. The molecule has 3 rings (SSSR count). The molecule has 0 saturated carbocycles. The molecule has 138 valence electrons. The lowest BCUT2D eigenvalue weighted by molar-refractivity contribution is -0.133. The standard InChI is InChI=1S/C20H24N2O4/c1-25-17-7-9-18(10-8-17)26-15-16-5-4-12-21(13-16)20(24)14-22-11-3-2-6-19(22)23/h2-3,6-11,16H,4-5,12-15H2,1H3. The molecule has 1 unspecified atom stereocenters. The number of nitrogens with zero attached hydrogens (tertiary/aromatic N) is 2. The van der Waals surface area contributed by atoms with Crippen molar-refractivity contribution in [1.82, 2.24) is 9.47 Å². The first-order valence-electron chi connectivity index (χ1n) is 8.86. The number of benzene rings is 1. The topological polar surface area (TPSA) is 60.8 Å². The van der Waals surface area contributed by atoms with Crippen molar-refractivity contribution >= 4 is 5.91 Å². The highest BCUT2D eigenvalue weighted by molar-refractivity contribution is 5.76. The van der Waals surface area contributed by atoms with Gasteiger partial charge < -0.3 is 18.9 Å². The summed E-state index contributed by atoms with van der Waals surface area (Å²) >= 11 is 0. The monoisotopic (exact) mass is 356 g/mol. The summed E-state index contributed by atoms with van der Waals surface area (Å²) in [6.45, 7) is 2.06. The first-order chi connectivity index (χ1) is 12.7. The van der Waals surface area contributed by atoms with Crippen molar-refractivity contribution in [1.29, 1.82) is 0 Å².